The maximum Gasteiger partial charge on any atom is 0.241 e. The highest BCUT2D eigenvalue weighted by Crippen LogP contribution is 2.33. The fraction of sp³-hybridized carbons (Fsp3) is 0.333. The number of benzene rings is 1. The van der Waals surface area contributed by atoms with E-state index >= 15 is 0 Å². The second-order valence-corrected chi connectivity index (χ2v) is 5.80. The molecule has 2 atom stereocenters. The first-order chi connectivity index (χ1) is 7.61. The molecule has 1 heterocycles. The quantitative estimate of drug-likeness (QED) is 0.754. The standard InChI is InChI=1S/C12H13NOS2/c1-8(10-6-4-3-5-7-10)13-11(14)9(2)16-12(13)15/h3-9H,1-2H3. The zero-order chi connectivity index (χ0) is 11.7. The molecule has 16 heavy (non-hydrogen) atoms. The molecule has 1 aromatic rings. The van der Waals surface area contributed by atoms with E-state index < -0.39 is 0 Å². The minimum absolute atomic E-state index is 0.0265. The molecular formula is C12H13NOS2. The molecule has 1 aromatic carbocycles. The van der Waals surface area contributed by atoms with Crippen LogP contribution in [0.5, 0.6) is 0 Å². The lowest BCUT2D eigenvalue weighted by Crippen LogP contribution is -2.33. The third-order valence-corrected chi connectivity index (χ3v) is 4.17. The van der Waals surface area contributed by atoms with Gasteiger partial charge in [-0.05, 0) is 19.4 Å². The van der Waals surface area contributed by atoms with Crippen LogP contribution < -0.4 is 0 Å². The maximum atomic E-state index is 11.9. The van der Waals surface area contributed by atoms with Crippen LogP contribution in [0, 0.1) is 0 Å². The van der Waals surface area contributed by atoms with Gasteiger partial charge in [0.2, 0.25) is 5.91 Å². The average molecular weight is 251 g/mol. The number of amides is 1. The van der Waals surface area contributed by atoms with Crippen LogP contribution in [0.1, 0.15) is 25.5 Å². The lowest BCUT2D eigenvalue weighted by Gasteiger charge is -2.24. The summed E-state index contributed by atoms with van der Waals surface area (Å²) in [4.78, 5) is 13.7. The van der Waals surface area contributed by atoms with Gasteiger partial charge in [-0.15, -0.1) is 0 Å². The number of thioether (sulfide) groups is 1. The Morgan fingerprint density at radius 1 is 1.38 bits per heavy atom. The summed E-state index contributed by atoms with van der Waals surface area (Å²) < 4.78 is 0.689. The molecule has 1 amide bonds. The first-order valence-electron chi connectivity index (χ1n) is 5.20. The predicted molar refractivity (Wildman–Crippen MR) is 71.4 cm³/mol. The summed E-state index contributed by atoms with van der Waals surface area (Å²) in [5.74, 6) is 0.117. The predicted octanol–water partition coefficient (Wildman–Crippen LogP) is 3.00. The summed E-state index contributed by atoms with van der Waals surface area (Å²) in [7, 11) is 0. The first-order valence-corrected chi connectivity index (χ1v) is 6.48. The lowest BCUT2D eigenvalue weighted by atomic mass is 10.1. The van der Waals surface area contributed by atoms with Gasteiger partial charge in [0.1, 0.15) is 4.32 Å². The van der Waals surface area contributed by atoms with E-state index in [1.54, 1.807) is 4.90 Å². The van der Waals surface area contributed by atoms with Gasteiger partial charge in [0.05, 0.1) is 11.3 Å². The van der Waals surface area contributed by atoms with Crippen LogP contribution in [0.3, 0.4) is 0 Å². The Morgan fingerprint density at radius 3 is 2.50 bits per heavy atom. The summed E-state index contributed by atoms with van der Waals surface area (Å²) in [5.41, 5.74) is 1.12. The van der Waals surface area contributed by atoms with Crippen molar-refractivity contribution < 1.29 is 4.79 Å². The maximum absolute atomic E-state index is 11.9. The molecule has 0 spiro atoms. The van der Waals surface area contributed by atoms with Crippen LogP contribution in [0.25, 0.3) is 0 Å². The van der Waals surface area contributed by atoms with E-state index in [4.69, 9.17) is 12.2 Å². The van der Waals surface area contributed by atoms with Crippen LogP contribution >= 0.6 is 24.0 Å². The Bertz CT molecular complexity index is 418. The number of hydrogen-bond donors (Lipinski definition) is 0. The van der Waals surface area contributed by atoms with E-state index in [0.717, 1.165) is 5.56 Å². The van der Waals surface area contributed by atoms with Gasteiger partial charge in [-0.25, -0.2) is 0 Å². The van der Waals surface area contributed by atoms with Gasteiger partial charge < -0.3 is 0 Å². The Morgan fingerprint density at radius 2 is 2.00 bits per heavy atom. The second kappa shape index (κ2) is 4.55. The number of carbonyl (C=O) groups is 1. The summed E-state index contributed by atoms with van der Waals surface area (Å²) in [5, 5.41) is -0.0429. The third kappa shape index (κ3) is 1.99. The van der Waals surface area contributed by atoms with Gasteiger partial charge in [0, 0.05) is 0 Å². The topological polar surface area (TPSA) is 20.3 Å². The fourth-order valence-electron chi connectivity index (χ4n) is 1.77. The van der Waals surface area contributed by atoms with Crippen LogP contribution in [0.15, 0.2) is 30.3 Å². The van der Waals surface area contributed by atoms with Crippen molar-refractivity contribution in [1.29, 1.82) is 0 Å². The smallest absolute Gasteiger partial charge is 0.241 e. The molecule has 0 N–H and O–H groups in total. The molecule has 0 aliphatic carbocycles. The summed E-state index contributed by atoms with van der Waals surface area (Å²) in [6, 6.07) is 10.00. The van der Waals surface area contributed by atoms with Crippen molar-refractivity contribution in [2.24, 2.45) is 0 Å². The minimum Gasteiger partial charge on any atom is -0.289 e. The van der Waals surface area contributed by atoms with E-state index in [2.05, 4.69) is 0 Å². The zero-order valence-corrected chi connectivity index (χ0v) is 10.8. The van der Waals surface area contributed by atoms with E-state index in [0.29, 0.717) is 4.32 Å². The van der Waals surface area contributed by atoms with Crippen molar-refractivity contribution in [1.82, 2.24) is 4.90 Å². The number of nitrogens with zero attached hydrogens (tertiary/aromatic N) is 1. The Labute approximate surface area is 105 Å². The van der Waals surface area contributed by atoms with Gasteiger partial charge in [-0.3, -0.25) is 9.69 Å². The van der Waals surface area contributed by atoms with Crippen molar-refractivity contribution >= 4 is 34.2 Å². The largest absolute Gasteiger partial charge is 0.289 e. The zero-order valence-electron chi connectivity index (χ0n) is 9.21. The summed E-state index contributed by atoms with van der Waals surface area (Å²) in [6.45, 7) is 3.91. The summed E-state index contributed by atoms with van der Waals surface area (Å²) >= 11 is 6.71. The number of rotatable bonds is 2. The molecule has 1 aliphatic rings. The van der Waals surface area contributed by atoms with Crippen molar-refractivity contribution in [2.75, 3.05) is 0 Å². The van der Waals surface area contributed by atoms with Gasteiger partial charge >= 0.3 is 0 Å². The Hall–Kier alpha value is -0.870. The fourth-order valence-corrected chi connectivity index (χ4v) is 3.33. The summed E-state index contributed by atoms with van der Waals surface area (Å²) in [6.07, 6.45) is 0. The molecule has 0 radical (unpaired) electrons. The third-order valence-electron chi connectivity index (χ3n) is 2.73. The first kappa shape index (κ1) is 11.6. The molecular weight excluding hydrogens is 238 g/mol. The van der Waals surface area contributed by atoms with Gasteiger partial charge in [0.25, 0.3) is 0 Å². The van der Waals surface area contributed by atoms with E-state index in [9.17, 15) is 4.79 Å². The van der Waals surface area contributed by atoms with Crippen LogP contribution in [0.2, 0.25) is 0 Å². The SMILES string of the molecule is CC1SC(=S)N(C(C)c2ccccc2)C1=O. The molecule has 2 rings (SSSR count). The Balaban J connectivity index is 2.26. The average Bonchev–Trinajstić information content (AvgIpc) is 2.54. The molecule has 0 saturated carbocycles. The number of thiocarbonyl (C=S) groups is 1. The van der Waals surface area contributed by atoms with E-state index in [-0.39, 0.29) is 17.2 Å². The van der Waals surface area contributed by atoms with Gasteiger partial charge in [-0.2, -0.15) is 0 Å². The van der Waals surface area contributed by atoms with Gasteiger partial charge in [-0.1, -0.05) is 54.3 Å². The molecule has 1 aliphatic heterocycles. The highest BCUT2D eigenvalue weighted by atomic mass is 32.2. The monoisotopic (exact) mass is 251 g/mol. The van der Waals surface area contributed by atoms with E-state index in [1.165, 1.54) is 11.8 Å². The van der Waals surface area contributed by atoms with Crippen molar-refractivity contribution in [3.8, 4) is 0 Å². The molecule has 1 saturated heterocycles. The number of hydrogen-bond acceptors (Lipinski definition) is 3. The van der Waals surface area contributed by atoms with Crippen molar-refractivity contribution in [3.63, 3.8) is 0 Å². The lowest BCUT2D eigenvalue weighted by molar-refractivity contribution is -0.127. The second-order valence-electron chi connectivity index (χ2n) is 3.82. The molecule has 2 nitrogen and oxygen atoms in total. The van der Waals surface area contributed by atoms with E-state index in [1.807, 2.05) is 44.2 Å². The van der Waals surface area contributed by atoms with Crippen LogP contribution in [-0.2, 0) is 4.79 Å². The Kier molecular flexibility index (Phi) is 3.30. The molecule has 0 bridgehead atoms. The molecule has 1 fully saturated rings. The van der Waals surface area contributed by atoms with Crippen molar-refractivity contribution in [3.05, 3.63) is 35.9 Å². The van der Waals surface area contributed by atoms with Gasteiger partial charge in [0.15, 0.2) is 0 Å². The highest BCUT2D eigenvalue weighted by molar-refractivity contribution is 8.24. The minimum atomic E-state index is -0.0429. The molecule has 84 valence electrons. The molecule has 0 aromatic heterocycles. The van der Waals surface area contributed by atoms with Crippen molar-refractivity contribution in [2.45, 2.75) is 25.1 Å². The molecule has 2 unspecified atom stereocenters. The van der Waals surface area contributed by atoms with Crippen LogP contribution in [-0.4, -0.2) is 20.4 Å². The normalized spacial score (nSPS) is 22.6. The highest BCUT2D eigenvalue weighted by Gasteiger charge is 2.36. The van der Waals surface area contributed by atoms with Crippen LogP contribution in [0.4, 0.5) is 0 Å². The number of carbonyl (C=O) groups excluding carboxylic acids is 1. The molecule has 4 heteroatoms.